The molecule has 1 aliphatic rings. The molecule has 1 fully saturated rings. The summed E-state index contributed by atoms with van der Waals surface area (Å²) in [5.74, 6) is 1.00. The summed E-state index contributed by atoms with van der Waals surface area (Å²) in [5, 5.41) is 5.28. The van der Waals surface area contributed by atoms with E-state index in [1.807, 2.05) is 19.1 Å². The van der Waals surface area contributed by atoms with Crippen molar-refractivity contribution in [2.24, 2.45) is 5.92 Å². The lowest BCUT2D eigenvalue weighted by Crippen LogP contribution is -2.31. The quantitative estimate of drug-likeness (QED) is 0.251. The van der Waals surface area contributed by atoms with Crippen molar-refractivity contribution >= 4 is 22.4 Å². The largest absolute Gasteiger partial charge is 0.381 e. The molecule has 0 saturated heterocycles. The molecule has 2 unspecified atom stereocenters. The van der Waals surface area contributed by atoms with Crippen LogP contribution in [-0.4, -0.2) is 37.2 Å². The van der Waals surface area contributed by atoms with Crippen molar-refractivity contribution in [2.45, 2.75) is 96.9 Å². The van der Waals surface area contributed by atoms with Gasteiger partial charge in [0.1, 0.15) is 5.78 Å². The molecule has 1 aromatic heterocycles. The number of fused-ring (bicyclic) bond motifs is 1. The topological polar surface area (TPSA) is 55.6 Å². The summed E-state index contributed by atoms with van der Waals surface area (Å²) >= 11 is 0. The van der Waals surface area contributed by atoms with Gasteiger partial charge in [0.25, 0.3) is 0 Å². The first-order valence-electron chi connectivity index (χ1n) is 12.8. The number of benzene rings is 1. The molecule has 1 saturated carbocycles. The lowest BCUT2D eigenvalue weighted by Gasteiger charge is -2.30. The first-order chi connectivity index (χ1) is 15.6. The minimum Gasteiger partial charge on any atom is -0.381 e. The Labute approximate surface area is 193 Å². The highest BCUT2D eigenvalue weighted by Crippen LogP contribution is 2.34. The molecule has 0 aliphatic heterocycles. The van der Waals surface area contributed by atoms with Gasteiger partial charge in [-0.2, -0.15) is 0 Å². The molecule has 5 nitrogen and oxygen atoms in total. The van der Waals surface area contributed by atoms with Gasteiger partial charge in [-0.3, -0.25) is 4.79 Å². The average molecular weight is 443 g/mol. The third kappa shape index (κ3) is 7.06. The smallest absolute Gasteiger partial charge is 0.169 e. The van der Waals surface area contributed by atoms with Gasteiger partial charge in [-0.05, 0) is 69.9 Å². The standard InChI is InChI=1S/C27H42N2O3/c1-4-5-18-31-19-8-6-7-13-24(30)20-22-11-9-12-23(17-16-22)29(3)25-14-10-15-26-27(25)21(2)28-32-26/h10,14-15,22-23H,4-9,11-13,16-20H2,1-3H3. The number of hydrogen-bond acceptors (Lipinski definition) is 5. The predicted octanol–water partition coefficient (Wildman–Crippen LogP) is 6.86. The highest BCUT2D eigenvalue weighted by Gasteiger charge is 2.25. The normalized spacial score (nSPS) is 19.2. The van der Waals surface area contributed by atoms with Crippen molar-refractivity contribution in [3.8, 4) is 0 Å². The van der Waals surface area contributed by atoms with E-state index in [1.54, 1.807) is 0 Å². The highest BCUT2D eigenvalue weighted by atomic mass is 16.5. The van der Waals surface area contributed by atoms with E-state index >= 15 is 0 Å². The number of Topliss-reactive ketones (excluding diaryl/α,β-unsaturated/α-hetero) is 1. The van der Waals surface area contributed by atoms with Crippen LogP contribution in [0.5, 0.6) is 0 Å². The number of nitrogens with zero attached hydrogens (tertiary/aromatic N) is 2. The summed E-state index contributed by atoms with van der Waals surface area (Å²) in [5.41, 5.74) is 3.02. The molecule has 0 amide bonds. The Morgan fingerprint density at radius 1 is 1.12 bits per heavy atom. The van der Waals surface area contributed by atoms with Gasteiger partial charge in [0.15, 0.2) is 5.58 Å². The summed E-state index contributed by atoms with van der Waals surface area (Å²) in [7, 11) is 2.20. The molecule has 5 heteroatoms. The van der Waals surface area contributed by atoms with Gasteiger partial charge in [0, 0.05) is 44.8 Å². The van der Waals surface area contributed by atoms with E-state index in [4.69, 9.17) is 9.26 Å². The van der Waals surface area contributed by atoms with Crippen LogP contribution in [0.25, 0.3) is 11.0 Å². The second kappa shape index (κ2) is 13.0. The number of anilines is 1. The summed E-state index contributed by atoms with van der Waals surface area (Å²) in [6.45, 7) is 5.91. The summed E-state index contributed by atoms with van der Waals surface area (Å²) in [6, 6.07) is 6.71. The summed E-state index contributed by atoms with van der Waals surface area (Å²) in [4.78, 5) is 14.9. The van der Waals surface area contributed by atoms with Crippen LogP contribution < -0.4 is 4.90 Å². The number of ketones is 1. The number of rotatable bonds is 13. The van der Waals surface area contributed by atoms with Crippen molar-refractivity contribution in [3.63, 3.8) is 0 Å². The minimum absolute atomic E-state index is 0.457. The zero-order valence-corrected chi connectivity index (χ0v) is 20.4. The van der Waals surface area contributed by atoms with Gasteiger partial charge in [-0.1, -0.05) is 37.4 Å². The van der Waals surface area contributed by atoms with Crippen LogP contribution in [0, 0.1) is 12.8 Å². The van der Waals surface area contributed by atoms with E-state index in [0.29, 0.717) is 17.7 Å². The third-order valence-corrected chi connectivity index (χ3v) is 7.04. The predicted molar refractivity (Wildman–Crippen MR) is 131 cm³/mol. The molecule has 0 radical (unpaired) electrons. The second-order valence-corrected chi connectivity index (χ2v) is 9.58. The molecule has 32 heavy (non-hydrogen) atoms. The fourth-order valence-corrected chi connectivity index (χ4v) is 5.04. The fourth-order valence-electron chi connectivity index (χ4n) is 5.04. The Morgan fingerprint density at radius 3 is 2.81 bits per heavy atom. The molecule has 178 valence electrons. The van der Waals surface area contributed by atoms with E-state index in [1.165, 1.54) is 31.4 Å². The van der Waals surface area contributed by atoms with Gasteiger partial charge < -0.3 is 14.2 Å². The zero-order chi connectivity index (χ0) is 22.8. The molecule has 0 N–H and O–H groups in total. The van der Waals surface area contributed by atoms with Crippen LogP contribution in [0.15, 0.2) is 22.7 Å². The molecule has 2 aromatic rings. The van der Waals surface area contributed by atoms with Crippen molar-refractivity contribution in [3.05, 3.63) is 23.9 Å². The van der Waals surface area contributed by atoms with E-state index in [9.17, 15) is 4.79 Å². The maximum Gasteiger partial charge on any atom is 0.169 e. The van der Waals surface area contributed by atoms with Gasteiger partial charge in [-0.15, -0.1) is 0 Å². The van der Waals surface area contributed by atoms with E-state index < -0.39 is 0 Å². The SMILES string of the molecule is CCCCOCCCCCC(=O)CC1CCCC(N(C)c2cccc3onc(C)c23)CC1. The molecular formula is C27H42N2O3. The fraction of sp³-hybridized carbons (Fsp3) is 0.704. The van der Waals surface area contributed by atoms with Crippen LogP contribution >= 0.6 is 0 Å². The molecule has 1 aliphatic carbocycles. The number of aryl methyl sites for hydroxylation is 1. The maximum absolute atomic E-state index is 12.5. The third-order valence-electron chi connectivity index (χ3n) is 7.04. The number of carbonyl (C=O) groups excluding carboxylic acids is 1. The molecule has 1 heterocycles. The first kappa shape index (κ1) is 24.8. The molecule has 0 spiro atoms. The van der Waals surface area contributed by atoms with Gasteiger partial charge >= 0.3 is 0 Å². The van der Waals surface area contributed by atoms with Crippen LogP contribution in [0.4, 0.5) is 5.69 Å². The van der Waals surface area contributed by atoms with Gasteiger partial charge in [0.2, 0.25) is 0 Å². The lowest BCUT2D eigenvalue weighted by atomic mass is 9.92. The van der Waals surface area contributed by atoms with E-state index in [-0.39, 0.29) is 0 Å². The van der Waals surface area contributed by atoms with Crippen LogP contribution in [0.1, 0.15) is 89.7 Å². The number of carbonyl (C=O) groups is 1. The van der Waals surface area contributed by atoms with Crippen molar-refractivity contribution in [1.29, 1.82) is 0 Å². The monoisotopic (exact) mass is 442 g/mol. The molecule has 1 aromatic carbocycles. The Morgan fingerprint density at radius 2 is 1.97 bits per heavy atom. The first-order valence-corrected chi connectivity index (χ1v) is 12.8. The minimum atomic E-state index is 0.457. The summed E-state index contributed by atoms with van der Waals surface area (Å²) in [6.07, 6.45) is 12.9. The van der Waals surface area contributed by atoms with Crippen LogP contribution in [0.2, 0.25) is 0 Å². The van der Waals surface area contributed by atoms with Crippen LogP contribution in [-0.2, 0) is 9.53 Å². The van der Waals surface area contributed by atoms with Gasteiger partial charge in [0.05, 0.1) is 11.1 Å². The number of hydrogen-bond donors (Lipinski definition) is 0. The molecular weight excluding hydrogens is 400 g/mol. The maximum atomic E-state index is 12.5. The Bertz CT molecular complexity index is 831. The Kier molecular flexibility index (Phi) is 10.0. The second-order valence-electron chi connectivity index (χ2n) is 9.58. The zero-order valence-electron chi connectivity index (χ0n) is 20.4. The van der Waals surface area contributed by atoms with Gasteiger partial charge in [-0.25, -0.2) is 0 Å². The van der Waals surface area contributed by atoms with Crippen LogP contribution in [0.3, 0.4) is 0 Å². The van der Waals surface area contributed by atoms with E-state index in [2.05, 4.69) is 30.1 Å². The number of aromatic nitrogens is 1. The molecule has 3 rings (SSSR count). The Balaban J connectivity index is 1.40. The lowest BCUT2D eigenvalue weighted by molar-refractivity contribution is -0.120. The van der Waals surface area contributed by atoms with Crippen molar-refractivity contribution in [2.75, 3.05) is 25.2 Å². The van der Waals surface area contributed by atoms with E-state index in [0.717, 1.165) is 81.2 Å². The van der Waals surface area contributed by atoms with Crippen molar-refractivity contribution in [1.82, 2.24) is 5.16 Å². The molecule has 2 atom stereocenters. The Hall–Kier alpha value is -1.88. The molecule has 0 bridgehead atoms. The summed E-state index contributed by atoms with van der Waals surface area (Å²) < 4.78 is 11.1. The number of ether oxygens (including phenoxy) is 1. The number of unbranched alkanes of at least 4 members (excludes halogenated alkanes) is 3. The average Bonchev–Trinajstić information content (AvgIpc) is 3.02. The highest BCUT2D eigenvalue weighted by molar-refractivity contribution is 5.92. The van der Waals surface area contributed by atoms with Crippen molar-refractivity contribution < 1.29 is 14.1 Å².